The molecule has 0 unspecified atom stereocenters. The molecule has 7 nitrogen and oxygen atoms in total. The van der Waals surface area contributed by atoms with Crippen LogP contribution in [0.25, 0.3) is 0 Å². The Hall–Kier alpha value is -3.09. The molecule has 0 spiro atoms. The molecule has 0 N–H and O–H groups in total. The fourth-order valence-electron chi connectivity index (χ4n) is 2.27. The van der Waals surface area contributed by atoms with Crippen molar-refractivity contribution in [1.82, 2.24) is 0 Å². The van der Waals surface area contributed by atoms with Crippen LogP contribution in [0, 0.1) is 10.1 Å². The summed E-state index contributed by atoms with van der Waals surface area (Å²) in [6.45, 7) is 2.12. The maximum atomic E-state index is 11.7. The van der Waals surface area contributed by atoms with Crippen LogP contribution in [-0.2, 0) is 4.79 Å². The number of unbranched alkanes of at least 4 members (excludes halogenated alkanes) is 3. The van der Waals surface area contributed by atoms with Gasteiger partial charge in [0.05, 0.1) is 10.6 Å². The first-order valence-corrected chi connectivity index (χ1v) is 8.56. The van der Waals surface area contributed by atoms with Crippen LogP contribution in [0.15, 0.2) is 58.8 Å². The first kappa shape index (κ1) is 19.2. The van der Waals surface area contributed by atoms with E-state index in [2.05, 4.69) is 17.2 Å². The SMILES string of the molecule is CCCCCCC(=O)Oc1ccc(N=Nc2ccccc2[N+](=O)[O-])cc1. The molecule has 0 aliphatic heterocycles. The predicted molar refractivity (Wildman–Crippen MR) is 98.1 cm³/mol. The van der Waals surface area contributed by atoms with Crippen molar-refractivity contribution >= 4 is 23.0 Å². The van der Waals surface area contributed by atoms with Gasteiger partial charge >= 0.3 is 5.97 Å². The molecule has 0 amide bonds. The van der Waals surface area contributed by atoms with Crippen molar-refractivity contribution in [3.05, 3.63) is 58.6 Å². The van der Waals surface area contributed by atoms with Gasteiger partial charge in [0.15, 0.2) is 5.69 Å². The Morgan fingerprint density at radius 1 is 1.04 bits per heavy atom. The molecule has 0 heterocycles. The predicted octanol–water partition coefficient (Wildman–Crippen LogP) is 5.89. The molecule has 0 atom stereocenters. The number of rotatable bonds is 9. The van der Waals surface area contributed by atoms with Crippen molar-refractivity contribution in [2.45, 2.75) is 39.0 Å². The van der Waals surface area contributed by atoms with Gasteiger partial charge < -0.3 is 4.74 Å². The molecule has 2 aromatic rings. The molecule has 0 bridgehead atoms. The number of benzene rings is 2. The second-order valence-electron chi connectivity index (χ2n) is 5.72. The smallest absolute Gasteiger partial charge is 0.311 e. The van der Waals surface area contributed by atoms with Gasteiger partial charge in [0, 0.05) is 12.5 Å². The van der Waals surface area contributed by atoms with Crippen LogP contribution in [0.2, 0.25) is 0 Å². The van der Waals surface area contributed by atoms with Crippen LogP contribution in [-0.4, -0.2) is 10.9 Å². The van der Waals surface area contributed by atoms with Crippen LogP contribution in [0.4, 0.5) is 17.1 Å². The molecule has 0 aliphatic rings. The number of hydrogen-bond acceptors (Lipinski definition) is 6. The van der Waals surface area contributed by atoms with Gasteiger partial charge in [0.25, 0.3) is 5.69 Å². The molecule has 0 fully saturated rings. The zero-order valence-electron chi connectivity index (χ0n) is 14.6. The monoisotopic (exact) mass is 355 g/mol. The van der Waals surface area contributed by atoms with E-state index < -0.39 is 4.92 Å². The second kappa shape index (κ2) is 10.0. The molecule has 0 saturated carbocycles. The molecular weight excluding hydrogens is 334 g/mol. The zero-order valence-corrected chi connectivity index (χ0v) is 14.6. The third kappa shape index (κ3) is 6.08. The Morgan fingerprint density at radius 3 is 2.46 bits per heavy atom. The highest BCUT2D eigenvalue weighted by Gasteiger charge is 2.11. The maximum Gasteiger partial charge on any atom is 0.311 e. The molecule has 7 heteroatoms. The molecule has 26 heavy (non-hydrogen) atoms. The number of carbonyl (C=O) groups is 1. The first-order chi connectivity index (χ1) is 12.6. The van der Waals surface area contributed by atoms with Crippen molar-refractivity contribution in [3.63, 3.8) is 0 Å². The average molecular weight is 355 g/mol. The minimum absolute atomic E-state index is 0.107. The highest BCUT2D eigenvalue weighted by molar-refractivity contribution is 5.72. The fourth-order valence-corrected chi connectivity index (χ4v) is 2.27. The van der Waals surface area contributed by atoms with Gasteiger partial charge in [-0.2, -0.15) is 5.11 Å². The molecule has 2 rings (SSSR count). The van der Waals surface area contributed by atoms with E-state index in [0.29, 0.717) is 17.9 Å². The van der Waals surface area contributed by atoms with Crippen LogP contribution >= 0.6 is 0 Å². The van der Waals surface area contributed by atoms with E-state index in [0.717, 1.165) is 25.7 Å². The Morgan fingerprint density at radius 2 is 1.77 bits per heavy atom. The van der Waals surface area contributed by atoms with Gasteiger partial charge in [-0.3, -0.25) is 14.9 Å². The Labute approximate surface area is 151 Å². The Bertz CT molecular complexity index is 773. The Balaban J connectivity index is 1.93. The van der Waals surface area contributed by atoms with E-state index in [9.17, 15) is 14.9 Å². The summed E-state index contributed by atoms with van der Waals surface area (Å²) >= 11 is 0. The molecular formula is C19H21N3O4. The van der Waals surface area contributed by atoms with Gasteiger partial charge in [0.2, 0.25) is 0 Å². The average Bonchev–Trinajstić information content (AvgIpc) is 2.65. The lowest BCUT2D eigenvalue weighted by atomic mass is 10.1. The summed E-state index contributed by atoms with van der Waals surface area (Å²) in [6, 6.07) is 12.6. The van der Waals surface area contributed by atoms with Gasteiger partial charge in [-0.15, -0.1) is 5.11 Å². The molecule has 0 radical (unpaired) electrons. The third-order valence-electron chi connectivity index (χ3n) is 3.65. The second-order valence-corrected chi connectivity index (χ2v) is 5.72. The van der Waals surface area contributed by atoms with E-state index in [1.807, 2.05) is 0 Å². The van der Waals surface area contributed by atoms with Crippen molar-refractivity contribution in [2.24, 2.45) is 10.2 Å². The zero-order chi connectivity index (χ0) is 18.8. The number of carbonyl (C=O) groups excluding carboxylic acids is 1. The summed E-state index contributed by atoms with van der Waals surface area (Å²) < 4.78 is 5.26. The number of azo groups is 1. The summed E-state index contributed by atoms with van der Waals surface area (Å²) in [7, 11) is 0. The third-order valence-corrected chi connectivity index (χ3v) is 3.65. The number of nitrogens with zero attached hydrogens (tertiary/aromatic N) is 3. The lowest BCUT2D eigenvalue weighted by Gasteiger charge is -2.04. The number of ether oxygens (including phenoxy) is 1. The van der Waals surface area contributed by atoms with Crippen molar-refractivity contribution in [2.75, 3.05) is 0 Å². The standard InChI is InChI=1S/C19H21N3O4/c1-2-3-4-5-10-19(23)26-16-13-11-15(12-14-16)20-21-17-8-6-7-9-18(17)22(24)25/h6-9,11-14H,2-5,10H2,1H3. The van der Waals surface area contributed by atoms with E-state index in [1.165, 1.54) is 12.1 Å². The quantitative estimate of drug-likeness (QED) is 0.140. The lowest BCUT2D eigenvalue weighted by molar-refractivity contribution is -0.384. The van der Waals surface area contributed by atoms with Crippen LogP contribution in [0.1, 0.15) is 39.0 Å². The molecule has 0 aliphatic carbocycles. The normalized spacial score (nSPS) is 10.8. The van der Waals surface area contributed by atoms with Crippen LogP contribution < -0.4 is 4.74 Å². The summed E-state index contributed by atoms with van der Waals surface area (Å²) in [6.07, 6.45) is 4.49. The van der Waals surface area contributed by atoms with Gasteiger partial charge in [-0.05, 0) is 36.8 Å². The van der Waals surface area contributed by atoms with Crippen molar-refractivity contribution in [3.8, 4) is 5.75 Å². The summed E-state index contributed by atoms with van der Waals surface area (Å²) in [5, 5.41) is 18.9. The summed E-state index contributed by atoms with van der Waals surface area (Å²) in [5.41, 5.74) is 0.579. The highest BCUT2D eigenvalue weighted by atomic mass is 16.6. The summed E-state index contributed by atoms with van der Waals surface area (Å²) in [5.74, 6) is 0.186. The van der Waals surface area contributed by atoms with Gasteiger partial charge in [0.1, 0.15) is 5.75 Å². The molecule has 2 aromatic carbocycles. The number of para-hydroxylation sites is 1. The maximum absolute atomic E-state index is 11.7. The molecule has 0 aromatic heterocycles. The number of nitro groups is 1. The van der Waals surface area contributed by atoms with Gasteiger partial charge in [-0.25, -0.2) is 0 Å². The largest absolute Gasteiger partial charge is 0.427 e. The van der Waals surface area contributed by atoms with E-state index in [1.54, 1.807) is 36.4 Å². The lowest BCUT2D eigenvalue weighted by Crippen LogP contribution is -2.07. The summed E-state index contributed by atoms with van der Waals surface area (Å²) in [4.78, 5) is 22.2. The highest BCUT2D eigenvalue weighted by Crippen LogP contribution is 2.28. The van der Waals surface area contributed by atoms with Crippen molar-refractivity contribution < 1.29 is 14.5 Å². The fraction of sp³-hybridized carbons (Fsp3) is 0.316. The number of esters is 1. The first-order valence-electron chi connectivity index (χ1n) is 8.56. The van der Waals surface area contributed by atoms with Crippen molar-refractivity contribution in [1.29, 1.82) is 0 Å². The minimum atomic E-state index is -0.503. The number of hydrogen-bond donors (Lipinski definition) is 0. The van der Waals surface area contributed by atoms with Gasteiger partial charge in [-0.1, -0.05) is 38.3 Å². The minimum Gasteiger partial charge on any atom is -0.427 e. The Kier molecular flexibility index (Phi) is 7.42. The van der Waals surface area contributed by atoms with Crippen LogP contribution in [0.3, 0.4) is 0 Å². The van der Waals surface area contributed by atoms with E-state index in [4.69, 9.17) is 4.74 Å². The number of nitro benzene ring substituents is 1. The van der Waals surface area contributed by atoms with E-state index in [-0.39, 0.29) is 17.3 Å². The topological polar surface area (TPSA) is 94.2 Å². The van der Waals surface area contributed by atoms with E-state index >= 15 is 0 Å². The van der Waals surface area contributed by atoms with Crippen LogP contribution in [0.5, 0.6) is 5.75 Å². The molecule has 0 saturated heterocycles. The molecule has 136 valence electrons.